The lowest BCUT2D eigenvalue weighted by Crippen LogP contribution is -2.13. The molecule has 0 spiro atoms. The predicted octanol–water partition coefficient (Wildman–Crippen LogP) is 3.15. The number of ether oxygens (including phenoxy) is 2. The van der Waals surface area contributed by atoms with Gasteiger partial charge >= 0.3 is 0 Å². The van der Waals surface area contributed by atoms with Gasteiger partial charge in [-0.15, -0.1) is 0 Å². The summed E-state index contributed by atoms with van der Waals surface area (Å²) in [7, 11) is 3.30. The first-order valence-electron chi connectivity index (χ1n) is 6.87. The molecule has 1 aromatic heterocycles. The first-order valence-corrected chi connectivity index (χ1v) is 7.64. The monoisotopic (exact) mass is 307 g/mol. The summed E-state index contributed by atoms with van der Waals surface area (Å²) in [6, 6.07) is 6.06. The zero-order chi connectivity index (χ0) is 15.2. The van der Waals surface area contributed by atoms with Crippen LogP contribution < -0.4 is 14.8 Å². The van der Waals surface area contributed by atoms with Gasteiger partial charge in [0.05, 0.1) is 14.2 Å². The molecule has 0 saturated heterocycles. The van der Waals surface area contributed by atoms with Crippen LogP contribution in [0.4, 0.5) is 5.13 Å². The Morgan fingerprint density at radius 1 is 1.24 bits per heavy atom. The standard InChI is InChI=1S/C15H21N3O2S/c1-10(9-16-15-17-11(2)18-21-15)7-12-5-6-13(19-3)14(8-12)20-4/h5-6,8,10H,7,9H2,1-4H3,(H,16,17,18). The van der Waals surface area contributed by atoms with Gasteiger partial charge in [-0.3, -0.25) is 0 Å². The summed E-state index contributed by atoms with van der Waals surface area (Å²) in [6.07, 6.45) is 0.963. The molecule has 21 heavy (non-hydrogen) atoms. The van der Waals surface area contributed by atoms with E-state index in [1.807, 2.05) is 19.1 Å². The second-order valence-electron chi connectivity index (χ2n) is 5.03. The zero-order valence-electron chi connectivity index (χ0n) is 12.8. The van der Waals surface area contributed by atoms with Crippen LogP contribution in [-0.4, -0.2) is 30.1 Å². The average molecular weight is 307 g/mol. The summed E-state index contributed by atoms with van der Waals surface area (Å²) in [4.78, 5) is 4.30. The first-order chi connectivity index (χ1) is 10.1. The normalized spacial score (nSPS) is 12.0. The number of methoxy groups -OCH3 is 2. The summed E-state index contributed by atoms with van der Waals surface area (Å²) >= 11 is 1.40. The number of benzene rings is 1. The minimum atomic E-state index is 0.479. The van der Waals surface area contributed by atoms with Crippen molar-refractivity contribution in [3.8, 4) is 11.5 Å². The number of aryl methyl sites for hydroxylation is 1. The summed E-state index contributed by atoms with van der Waals surface area (Å²) in [5.74, 6) is 2.83. The Morgan fingerprint density at radius 2 is 2.00 bits per heavy atom. The van der Waals surface area contributed by atoms with Gasteiger partial charge in [-0.2, -0.15) is 4.37 Å². The van der Waals surface area contributed by atoms with E-state index in [1.165, 1.54) is 17.1 Å². The third-order valence-electron chi connectivity index (χ3n) is 3.16. The van der Waals surface area contributed by atoms with Crippen molar-refractivity contribution in [2.75, 3.05) is 26.1 Å². The van der Waals surface area contributed by atoms with E-state index in [-0.39, 0.29) is 0 Å². The SMILES string of the molecule is COc1ccc(CC(C)CNc2nc(C)ns2)cc1OC. The fraction of sp³-hybridized carbons (Fsp3) is 0.467. The molecule has 0 aliphatic heterocycles. The molecule has 2 rings (SSSR count). The quantitative estimate of drug-likeness (QED) is 0.851. The Kier molecular flexibility index (Phi) is 5.38. The second-order valence-corrected chi connectivity index (χ2v) is 5.78. The van der Waals surface area contributed by atoms with Crippen LogP contribution in [-0.2, 0) is 6.42 Å². The van der Waals surface area contributed by atoms with E-state index in [4.69, 9.17) is 9.47 Å². The van der Waals surface area contributed by atoms with Gasteiger partial charge in [-0.1, -0.05) is 13.0 Å². The molecule has 0 bridgehead atoms. The highest BCUT2D eigenvalue weighted by Crippen LogP contribution is 2.28. The molecule has 1 unspecified atom stereocenters. The Labute approximate surface area is 129 Å². The number of hydrogen-bond donors (Lipinski definition) is 1. The average Bonchev–Trinajstić information content (AvgIpc) is 2.90. The van der Waals surface area contributed by atoms with E-state index < -0.39 is 0 Å². The smallest absolute Gasteiger partial charge is 0.202 e. The first kappa shape index (κ1) is 15.6. The van der Waals surface area contributed by atoms with Gasteiger partial charge in [0.25, 0.3) is 0 Å². The van der Waals surface area contributed by atoms with Crippen molar-refractivity contribution < 1.29 is 9.47 Å². The van der Waals surface area contributed by atoms with Crippen LogP contribution in [0.2, 0.25) is 0 Å². The van der Waals surface area contributed by atoms with Gasteiger partial charge in [-0.05, 0) is 37.0 Å². The van der Waals surface area contributed by atoms with Crippen molar-refractivity contribution in [2.24, 2.45) is 5.92 Å². The molecule has 1 heterocycles. The maximum Gasteiger partial charge on any atom is 0.202 e. The van der Waals surface area contributed by atoms with Crippen LogP contribution in [0.25, 0.3) is 0 Å². The maximum absolute atomic E-state index is 5.33. The second kappa shape index (κ2) is 7.26. The van der Waals surface area contributed by atoms with Crippen LogP contribution >= 0.6 is 11.5 Å². The summed E-state index contributed by atoms with van der Waals surface area (Å²) in [5.41, 5.74) is 1.23. The third-order valence-corrected chi connectivity index (χ3v) is 3.93. The third kappa shape index (κ3) is 4.32. The van der Waals surface area contributed by atoms with Gasteiger partial charge in [0.2, 0.25) is 5.13 Å². The van der Waals surface area contributed by atoms with Crippen LogP contribution in [0.3, 0.4) is 0 Å². The zero-order valence-corrected chi connectivity index (χ0v) is 13.7. The summed E-state index contributed by atoms with van der Waals surface area (Å²) < 4.78 is 14.7. The molecule has 0 saturated carbocycles. The van der Waals surface area contributed by atoms with Gasteiger partial charge in [0.15, 0.2) is 11.5 Å². The number of hydrogen-bond acceptors (Lipinski definition) is 6. The predicted molar refractivity (Wildman–Crippen MR) is 85.5 cm³/mol. The van der Waals surface area contributed by atoms with Gasteiger partial charge in [-0.25, -0.2) is 4.98 Å². The highest BCUT2D eigenvalue weighted by atomic mass is 32.1. The number of anilines is 1. The van der Waals surface area contributed by atoms with E-state index in [0.717, 1.165) is 35.4 Å². The maximum atomic E-state index is 5.33. The van der Waals surface area contributed by atoms with Crippen molar-refractivity contribution in [2.45, 2.75) is 20.3 Å². The molecule has 0 fully saturated rings. The molecule has 1 atom stereocenters. The topological polar surface area (TPSA) is 56.3 Å². The Morgan fingerprint density at radius 3 is 2.62 bits per heavy atom. The van der Waals surface area contributed by atoms with E-state index >= 15 is 0 Å². The van der Waals surface area contributed by atoms with Crippen LogP contribution in [0.1, 0.15) is 18.3 Å². The summed E-state index contributed by atoms with van der Waals surface area (Å²) in [5, 5.41) is 4.21. The van der Waals surface area contributed by atoms with Crippen molar-refractivity contribution in [3.63, 3.8) is 0 Å². The molecular weight excluding hydrogens is 286 g/mol. The number of nitrogens with one attached hydrogen (secondary N) is 1. The highest BCUT2D eigenvalue weighted by molar-refractivity contribution is 7.09. The molecule has 0 radical (unpaired) electrons. The lowest BCUT2D eigenvalue weighted by atomic mass is 10.0. The minimum absolute atomic E-state index is 0.479. The molecule has 1 aromatic carbocycles. The van der Waals surface area contributed by atoms with Gasteiger partial charge in [0, 0.05) is 18.1 Å². The van der Waals surface area contributed by atoms with Crippen molar-refractivity contribution >= 4 is 16.7 Å². The molecule has 5 nitrogen and oxygen atoms in total. The molecular formula is C15H21N3O2S. The fourth-order valence-electron chi connectivity index (χ4n) is 2.11. The van der Waals surface area contributed by atoms with Gasteiger partial charge < -0.3 is 14.8 Å². The largest absolute Gasteiger partial charge is 0.493 e. The minimum Gasteiger partial charge on any atom is -0.493 e. The molecule has 114 valence electrons. The number of aromatic nitrogens is 2. The number of rotatable bonds is 7. The Hall–Kier alpha value is -1.82. The molecule has 1 N–H and O–H groups in total. The van der Waals surface area contributed by atoms with Crippen LogP contribution in [0.15, 0.2) is 18.2 Å². The number of nitrogens with zero attached hydrogens (tertiary/aromatic N) is 2. The molecule has 0 aliphatic carbocycles. The fourth-order valence-corrected chi connectivity index (χ4v) is 2.69. The van der Waals surface area contributed by atoms with Crippen LogP contribution in [0.5, 0.6) is 11.5 Å². The van der Waals surface area contributed by atoms with Crippen molar-refractivity contribution in [1.29, 1.82) is 0 Å². The highest BCUT2D eigenvalue weighted by Gasteiger charge is 2.09. The Bertz CT molecular complexity index is 586. The van der Waals surface area contributed by atoms with Crippen molar-refractivity contribution in [3.05, 3.63) is 29.6 Å². The molecule has 2 aromatic rings. The van der Waals surface area contributed by atoms with E-state index in [2.05, 4.69) is 27.7 Å². The lowest BCUT2D eigenvalue weighted by Gasteiger charge is -2.14. The van der Waals surface area contributed by atoms with E-state index in [1.54, 1.807) is 14.2 Å². The molecule has 6 heteroatoms. The van der Waals surface area contributed by atoms with E-state index in [9.17, 15) is 0 Å². The summed E-state index contributed by atoms with van der Waals surface area (Å²) in [6.45, 7) is 4.97. The van der Waals surface area contributed by atoms with Crippen molar-refractivity contribution in [1.82, 2.24) is 9.36 Å². The molecule has 0 amide bonds. The van der Waals surface area contributed by atoms with Gasteiger partial charge in [0.1, 0.15) is 5.82 Å². The Balaban J connectivity index is 1.91. The van der Waals surface area contributed by atoms with Crippen LogP contribution in [0, 0.1) is 12.8 Å². The van der Waals surface area contributed by atoms with E-state index in [0.29, 0.717) is 5.92 Å². The lowest BCUT2D eigenvalue weighted by molar-refractivity contribution is 0.354. The molecule has 0 aliphatic rings.